The third-order valence-electron chi connectivity index (χ3n) is 3.63. The highest BCUT2D eigenvalue weighted by Gasteiger charge is 2.22. The van der Waals surface area contributed by atoms with Gasteiger partial charge in [0.15, 0.2) is 0 Å². The molecule has 17 heavy (non-hydrogen) atoms. The van der Waals surface area contributed by atoms with Gasteiger partial charge in [0.25, 0.3) is 0 Å². The molecule has 1 fully saturated rings. The molecule has 0 amide bonds. The summed E-state index contributed by atoms with van der Waals surface area (Å²) in [6, 6.07) is 0. The van der Waals surface area contributed by atoms with Gasteiger partial charge < -0.3 is 10.1 Å². The minimum atomic E-state index is 0.00662. The highest BCUT2D eigenvalue weighted by Crippen LogP contribution is 2.16. The molecule has 0 saturated carbocycles. The van der Waals surface area contributed by atoms with Crippen LogP contribution in [0.25, 0.3) is 0 Å². The summed E-state index contributed by atoms with van der Waals surface area (Å²) in [5.41, 5.74) is 0. The molecular formula is C14H27NO2. The molecule has 0 bridgehead atoms. The average molecular weight is 241 g/mol. The summed E-state index contributed by atoms with van der Waals surface area (Å²) in [4.78, 5) is 11.8. The van der Waals surface area contributed by atoms with E-state index < -0.39 is 0 Å². The molecule has 1 N–H and O–H groups in total. The van der Waals surface area contributed by atoms with Gasteiger partial charge in [-0.25, -0.2) is 0 Å². The third-order valence-corrected chi connectivity index (χ3v) is 3.63. The van der Waals surface area contributed by atoms with Crippen molar-refractivity contribution >= 4 is 5.97 Å². The quantitative estimate of drug-likeness (QED) is 0.697. The van der Waals surface area contributed by atoms with Gasteiger partial charge in [-0.3, -0.25) is 4.79 Å². The van der Waals surface area contributed by atoms with Gasteiger partial charge in [0.05, 0.1) is 12.5 Å². The van der Waals surface area contributed by atoms with E-state index in [1.807, 2.05) is 0 Å². The molecule has 0 radical (unpaired) electrons. The summed E-state index contributed by atoms with van der Waals surface area (Å²) < 4.78 is 5.45. The van der Waals surface area contributed by atoms with E-state index in [1.165, 1.54) is 19.3 Å². The van der Waals surface area contributed by atoms with Crippen molar-refractivity contribution in [3.8, 4) is 0 Å². The molecule has 1 saturated heterocycles. The minimum absolute atomic E-state index is 0.00662. The molecular weight excluding hydrogens is 214 g/mol. The molecule has 1 unspecified atom stereocenters. The first-order valence-corrected chi connectivity index (χ1v) is 7.15. The fraction of sp³-hybridized carbons (Fsp3) is 0.929. The molecule has 0 aromatic carbocycles. The van der Waals surface area contributed by atoms with Crippen LogP contribution in [0.4, 0.5) is 0 Å². The lowest BCUT2D eigenvalue weighted by Gasteiger charge is -2.22. The van der Waals surface area contributed by atoms with E-state index in [0.717, 1.165) is 32.4 Å². The van der Waals surface area contributed by atoms with E-state index in [0.29, 0.717) is 12.5 Å². The van der Waals surface area contributed by atoms with Gasteiger partial charge >= 0.3 is 5.97 Å². The van der Waals surface area contributed by atoms with Crippen LogP contribution in [0.5, 0.6) is 0 Å². The highest BCUT2D eigenvalue weighted by atomic mass is 16.5. The number of unbranched alkanes of at least 4 members (excludes halogenated alkanes) is 1. The number of piperidine rings is 1. The molecule has 0 spiro atoms. The van der Waals surface area contributed by atoms with Gasteiger partial charge in [0, 0.05) is 6.54 Å². The predicted molar refractivity (Wildman–Crippen MR) is 69.9 cm³/mol. The Labute approximate surface area is 105 Å². The maximum atomic E-state index is 11.8. The normalized spacial score (nSPS) is 22.1. The summed E-state index contributed by atoms with van der Waals surface area (Å²) in [5, 5.41) is 3.25. The summed E-state index contributed by atoms with van der Waals surface area (Å²) in [5.74, 6) is 0.648. The Bertz CT molecular complexity index is 212. The third kappa shape index (κ3) is 5.53. The number of ether oxygens (including phenoxy) is 1. The number of carbonyl (C=O) groups is 1. The molecule has 1 heterocycles. The summed E-state index contributed by atoms with van der Waals surface area (Å²) in [6.07, 6.45) is 6.82. The molecule has 100 valence electrons. The van der Waals surface area contributed by atoms with Gasteiger partial charge in [-0.1, -0.05) is 33.1 Å². The zero-order valence-electron chi connectivity index (χ0n) is 11.3. The molecule has 1 aliphatic rings. The van der Waals surface area contributed by atoms with Crippen molar-refractivity contribution in [3.05, 3.63) is 0 Å². The maximum absolute atomic E-state index is 11.8. The van der Waals surface area contributed by atoms with Crippen LogP contribution in [0.15, 0.2) is 0 Å². The van der Waals surface area contributed by atoms with E-state index in [4.69, 9.17) is 4.74 Å². The van der Waals surface area contributed by atoms with Crippen LogP contribution in [0.3, 0.4) is 0 Å². The van der Waals surface area contributed by atoms with Crippen LogP contribution in [0, 0.1) is 11.8 Å². The second-order valence-electron chi connectivity index (χ2n) is 5.09. The topological polar surface area (TPSA) is 38.3 Å². The maximum Gasteiger partial charge on any atom is 0.310 e. The van der Waals surface area contributed by atoms with E-state index in [1.54, 1.807) is 0 Å². The molecule has 0 aromatic rings. The van der Waals surface area contributed by atoms with Gasteiger partial charge in [-0.15, -0.1) is 0 Å². The number of nitrogens with one attached hydrogen (secondary N) is 1. The lowest BCUT2D eigenvalue weighted by molar-refractivity contribution is -0.150. The number of hydrogen-bond acceptors (Lipinski definition) is 3. The lowest BCUT2D eigenvalue weighted by atomic mass is 9.99. The average Bonchev–Trinajstić information content (AvgIpc) is 2.39. The van der Waals surface area contributed by atoms with Crippen molar-refractivity contribution in [1.82, 2.24) is 5.32 Å². The van der Waals surface area contributed by atoms with Crippen LogP contribution < -0.4 is 5.32 Å². The monoisotopic (exact) mass is 241 g/mol. The van der Waals surface area contributed by atoms with E-state index >= 15 is 0 Å². The van der Waals surface area contributed by atoms with E-state index in [-0.39, 0.29) is 11.9 Å². The molecule has 1 rings (SSSR count). The van der Waals surface area contributed by atoms with Crippen LogP contribution in [0.1, 0.15) is 52.4 Å². The number of hydrogen-bond donors (Lipinski definition) is 1. The van der Waals surface area contributed by atoms with Gasteiger partial charge in [-0.05, 0) is 31.7 Å². The first kappa shape index (κ1) is 14.5. The van der Waals surface area contributed by atoms with Crippen LogP contribution in [0.2, 0.25) is 0 Å². The Morgan fingerprint density at radius 1 is 1.47 bits per heavy atom. The molecule has 3 nitrogen and oxygen atoms in total. The number of esters is 1. The van der Waals surface area contributed by atoms with Crippen molar-refractivity contribution in [2.75, 3.05) is 19.7 Å². The van der Waals surface area contributed by atoms with Gasteiger partial charge in [0.2, 0.25) is 0 Å². The standard InChI is InChI=1S/C14H27NO2/c1-3-5-7-12(4-2)11-17-14(16)13-8-6-9-15-10-13/h12-13,15H,3-11H2,1-2H3/t12?,13-/m1/s1. The SMILES string of the molecule is CCCCC(CC)COC(=O)[C@@H]1CCCNC1. The number of carbonyl (C=O) groups excluding carboxylic acids is 1. The largest absolute Gasteiger partial charge is 0.465 e. The highest BCUT2D eigenvalue weighted by molar-refractivity contribution is 5.72. The van der Waals surface area contributed by atoms with Crippen molar-refractivity contribution in [2.45, 2.75) is 52.4 Å². The smallest absolute Gasteiger partial charge is 0.310 e. The fourth-order valence-corrected chi connectivity index (χ4v) is 2.27. The Morgan fingerprint density at radius 2 is 2.29 bits per heavy atom. The summed E-state index contributed by atoms with van der Waals surface area (Å²) in [7, 11) is 0. The second-order valence-corrected chi connectivity index (χ2v) is 5.09. The summed E-state index contributed by atoms with van der Waals surface area (Å²) in [6.45, 7) is 6.83. The second kappa shape index (κ2) is 8.51. The molecule has 1 aliphatic heterocycles. The summed E-state index contributed by atoms with van der Waals surface area (Å²) >= 11 is 0. The van der Waals surface area contributed by atoms with Crippen molar-refractivity contribution in [3.63, 3.8) is 0 Å². The van der Waals surface area contributed by atoms with Crippen LogP contribution in [-0.4, -0.2) is 25.7 Å². The number of rotatable bonds is 7. The van der Waals surface area contributed by atoms with E-state index in [9.17, 15) is 4.79 Å². The van der Waals surface area contributed by atoms with E-state index in [2.05, 4.69) is 19.2 Å². The van der Waals surface area contributed by atoms with Gasteiger partial charge in [0.1, 0.15) is 0 Å². The first-order chi connectivity index (χ1) is 8.27. The Kier molecular flexibility index (Phi) is 7.25. The molecule has 2 atom stereocenters. The van der Waals surface area contributed by atoms with Gasteiger partial charge in [-0.2, -0.15) is 0 Å². The van der Waals surface area contributed by atoms with Crippen molar-refractivity contribution in [2.24, 2.45) is 11.8 Å². The van der Waals surface area contributed by atoms with Crippen molar-refractivity contribution in [1.29, 1.82) is 0 Å². The fourth-order valence-electron chi connectivity index (χ4n) is 2.27. The van der Waals surface area contributed by atoms with Crippen molar-refractivity contribution < 1.29 is 9.53 Å². The predicted octanol–water partition coefficient (Wildman–Crippen LogP) is 2.75. The Balaban J connectivity index is 2.20. The lowest BCUT2D eigenvalue weighted by Crippen LogP contribution is -2.35. The minimum Gasteiger partial charge on any atom is -0.465 e. The Morgan fingerprint density at radius 3 is 2.88 bits per heavy atom. The Hall–Kier alpha value is -0.570. The molecule has 3 heteroatoms. The molecule has 0 aliphatic carbocycles. The van der Waals surface area contributed by atoms with Crippen LogP contribution >= 0.6 is 0 Å². The molecule has 0 aromatic heterocycles. The first-order valence-electron chi connectivity index (χ1n) is 7.15. The zero-order valence-corrected chi connectivity index (χ0v) is 11.3. The van der Waals surface area contributed by atoms with Crippen LogP contribution in [-0.2, 0) is 9.53 Å². The zero-order chi connectivity index (χ0) is 12.5.